The van der Waals surface area contributed by atoms with Gasteiger partial charge in [0.1, 0.15) is 18.6 Å². The number of urea groups is 1. The van der Waals surface area contributed by atoms with Gasteiger partial charge in [-0.1, -0.05) is 30.3 Å². The van der Waals surface area contributed by atoms with Crippen LogP contribution in [0, 0.1) is 0 Å². The van der Waals surface area contributed by atoms with Crippen molar-refractivity contribution in [1.29, 1.82) is 0 Å². The second-order valence-corrected chi connectivity index (χ2v) is 6.14. The fourth-order valence-electron chi connectivity index (χ4n) is 2.94. The summed E-state index contributed by atoms with van der Waals surface area (Å²) in [6.07, 6.45) is 0. The van der Waals surface area contributed by atoms with E-state index in [-0.39, 0.29) is 12.5 Å². The highest BCUT2D eigenvalue weighted by Crippen LogP contribution is 2.27. The topological polar surface area (TPSA) is 92.2 Å². The first kappa shape index (κ1) is 16.4. The monoisotopic (exact) mass is 333 g/mol. The maximum Gasteiger partial charge on any atom is 0.344 e. The molecule has 3 N–H and O–H groups in total. The minimum atomic E-state index is -1.18. The van der Waals surface area contributed by atoms with Crippen molar-refractivity contribution in [3.05, 3.63) is 35.9 Å². The van der Waals surface area contributed by atoms with E-state index in [9.17, 15) is 14.4 Å². The van der Waals surface area contributed by atoms with E-state index in [1.54, 1.807) is 31.2 Å². The number of rotatable bonds is 4. The summed E-state index contributed by atoms with van der Waals surface area (Å²) in [5.74, 6) is -0.864. The van der Waals surface area contributed by atoms with Crippen LogP contribution in [0.4, 0.5) is 4.79 Å². The number of hydrogen-bond acceptors (Lipinski definition) is 4. The van der Waals surface area contributed by atoms with E-state index in [0.29, 0.717) is 18.8 Å². The lowest BCUT2D eigenvalue weighted by atomic mass is 9.92. The van der Waals surface area contributed by atoms with Crippen LogP contribution in [-0.4, -0.2) is 55.7 Å². The van der Waals surface area contributed by atoms with Crippen molar-refractivity contribution in [1.82, 2.24) is 15.8 Å². The van der Waals surface area contributed by atoms with Crippen molar-refractivity contribution in [3.8, 4) is 0 Å². The number of amides is 4. The van der Waals surface area contributed by atoms with Gasteiger partial charge < -0.3 is 15.0 Å². The summed E-state index contributed by atoms with van der Waals surface area (Å²) in [6, 6.07) is 8.32. The van der Waals surface area contributed by atoms with Crippen LogP contribution in [0.2, 0.25) is 0 Å². The molecule has 128 valence electrons. The Kier molecular flexibility index (Phi) is 4.50. The Hall–Kier alpha value is -2.45. The van der Waals surface area contributed by atoms with Crippen LogP contribution >= 0.6 is 0 Å². The molecule has 0 saturated carbocycles. The van der Waals surface area contributed by atoms with Crippen LogP contribution in [0.5, 0.6) is 0 Å². The summed E-state index contributed by atoms with van der Waals surface area (Å²) < 4.78 is 5.24. The summed E-state index contributed by atoms with van der Waals surface area (Å²) in [5, 5.41) is 3.42. The molecular formula is C16H21N4O4+. The molecule has 2 heterocycles. The van der Waals surface area contributed by atoms with Gasteiger partial charge in [-0.3, -0.25) is 15.0 Å². The van der Waals surface area contributed by atoms with Crippen LogP contribution in [-0.2, 0) is 19.9 Å². The minimum absolute atomic E-state index is 0.197. The van der Waals surface area contributed by atoms with Gasteiger partial charge in [0.25, 0.3) is 11.8 Å². The Morgan fingerprint density at radius 1 is 1.29 bits per heavy atom. The Morgan fingerprint density at radius 3 is 2.62 bits per heavy atom. The molecule has 2 fully saturated rings. The first-order valence-corrected chi connectivity index (χ1v) is 7.94. The zero-order valence-electron chi connectivity index (χ0n) is 13.5. The minimum Gasteiger partial charge on any atom is -0.370 e. The lowest BCUT2D eigenvalue weighted by Crippen LogP contribution is -3.15. The van der Waals surface area contributed by atoms with Gasteiger partial charge in [0.2, 0.25) is 0 Å². The van der Waals surface area contributed by atoms with Crippen molar-refractivity contribution in [2.45, 2.75) is 12.5 Å². The van der Waals surface area contributed by atoms with Gasteiger partial charge in [-0.15, -0.1) is 0 Å². The predicted octanol–water partition coefficient (Wildman–Crippen LogP) is -1.60. The molecule has 1 aromatic rings. The molecule has 0 unspecified atom stereocenters. The lowest BCUT2D eigenvalue weighted by Gasteiger charge is -2.24. The highest BCUT2D eigenvalue weighted by atomic mass is 16.5. The first-order chi connectivity index (χ1) is 11.5. The van der Waals surface area contributed by atoms with E-state index >= 15 is 0 Å². The van der Waals surface area contributed by atoms with Gasteiger partial charge in [0.05, 0.1) is 13.2 Å². The summed E-state index contributed by atoms with van der Waals surface area (Å²) in [5.41, 5.74) is 1.90. The van der Waals surface area contributed by atoms with Crippen LogP contribution in [0.3, 0.4) is 0 Å². The summed E-state index contributed by atoms with van der Waals surface area (Å²) in [7, 11) is 0. The number of carbonyl (C=O) groups is 3. The van der Waals surface area contributed by atoms with Crippen LogP contribution in [0.25, 0.3) is 0 Å². The molecule has 1 atom stereocenters. The molecule has 8 heteroatoms. The normalized spacial score (nSPS) is 24.8. The molecule has 2 saturated heterocycles. The highest BCUT2D eigenvalue weighted by Gasteiger charge is 2.50. The molecule has 0 aliphatic carbocycles. The van der Waals surface area contributed by atoms with Crippen LogP contribution in [0.1, 0.15) is 12.5 Å². The zero-order valence-corrected chi connectivity index (χ0v) is 13.5. The van der Waals surface area contributed by atoms with Gasteiger partial charge in [-0.2, -0.15) is 5.01 Å². The highest BCUT2D eigenvalue weighted by molar-refractivity contribution is 6.08. The summed E-state index contributed by atoms with van der Waals surface area (Å²) >= 11 is 0. The van der Waals surface area contributed by atoms with Crippen LogP contribution < -0.4 is 15.6 Å². The van der Waals surface area contributed by atoms with Crippen LogP contribution in [0.15, 0.2) is 30.3 Å². The predicted molar refractivity (Wildman–Crippen MR) is 83.7 cm³/mol. The number of benzene rings is 1. The SMILES string of the molecule is C[C@]1(c2ccccc2)NC(=O)N(NC(=O)C[NH+]2CCOCC2)C1=O. The molecule has 0 spiro atoms. The zero-order chi connectivity index (χ0) is 17.2. The third-order valence-corrected chi connectivity index (χ3v) is 4.39. The Labute approximate surface area is 139 Å². The first-order valence-electron chi connectivity index (χ1n) is 7.94. The average Bonchev–Trinajstić information content (AvgIpc) is 2.81. The van der Waals surface area contributed by atoms with Crippen molar-refractivity contribution >= 4 is 17.8 Å². The number of quaternary nitrogens is 1. The number of hydrazine groups is 1. The molecule has 3 rings (SSSR count). The molecule has 4 amide bonds. The van der Waals surface area contributed by atoms with Crippen molar-refractivity contribution in [2.24, 2.45) is 0 Å². The third-order valence-electron chi connectivity index (χ3n) is 4.39. The smallest absolute Gasteiger partial charge is 0.344 e. The third kappa shape index (κ3) is 3.10. The summed E-state index contributed by atoms with van der Waals surface area (Å²) in [6.45, 7) is 4.50. The molecule has 8 nitrogen and oxygen atoms in total. The molecule has 0 radical (unpaired) electrons. The maximum absolute atomic E-state index is 12.7. The second kappa shape index (κ2) is 6.58. The number of ether oxygens (including phenoxy) is 1. The number of morpholine rings is 1. The standard InChI is InChI=1S/C16H20N4O4/c1-16(12-5-3-2-4-6-12)14(22)20(15(23)17-16)18-13(21)11-19-7-9-24-10-8-19/h2-6H,7-11H2,1H3,(H,17,23)(H,18,21)/p+1/t16-/m1/s1. The van der Waals surface area contributed by atoms with E-state index < -0.39 is 17.5 Å². The van der Waals surface area contributed by atoms with E-state index in [1.165, 1.54) is 0 Å². The van der Waals surface area contributed by atoms with Gasteiger partial charge in [-0.25, -0.2) is 4.79 Å². The van der Waals surface area contributed by atoms with Crippen molar-refractivity contribution in [2.75, 3.05) is 32.8 Å². The molecule has 1 aromatic carbocycles. The molecule has 0 bridgehead atoms. The molecule has 0 aromatic heterocycles. The largest absolute Gasteiger partial charge is 0.370 e. The molecule has 2 aliphatic heterocycles. The van der Waals surface area contributed by atoms with Crippen molar-refractivity contribution in [3.63, 3.8) is 0 Å². The van der Waals surface area contributed by atoms with Gasteiger partial charge in [-0.05, 0) is 12.5 Å². The van der Waals surface area contributed by atoms with E-state index in [1.807, 2.05) is 6.07 Å². The van der Waals surface area contributed by atoms with Gasteiger partial charge >= 0.3 is 6.03 Å². The number of imide groups is 1. The fraction of sp³-hybridized carbons (Fsp3) is 0.438. The fourth-order valence-corrected chi connectivity index (χ4v) is 2.94. The van der Waals surface area contributed by atoms with Gasteiger partial charge in [0.15, 0.2) is 6.54 Å². The molecular weight excluding hydrogens is 312 g/mol. The number of nitrogens with zero attached hydrogens (tertiary/aromatic N) is 1. The van der Waals surface area contributed by atoms with E-state index in [2.05, 4.69) is 10.7 Å². The van der Waals surface area contributed by atoms with Crippen molar-refractivity contribution < 1.29 is 24.0 Å². The van der Waals surface area contributed by atoms with E-state index in [4.69, 9.17) is 4.74 Å². The maximum atomic E-state index is 12.7. The molecule has 24 heavy (non-hydrogen) atoms. The summed E-state index contributed by atoms with van der Waals surface area (Å²) in [4.78, 5) is 38.0. The Balaban J connectivity index is 1.67. The van der Waals surface area contributed by atoms with E-state index in [0.717, 1.165) is 23.0 Å². The number of carbonyl (C=O) groups excluding carboxylic acids is 3. The van der Waals surface area contributed by atoms with Gasteiger partial charge in [0, 0.05) is 0 Å². The lowest BCUT2D eigenvalue weighted by molar-refractivity contribution is -0.900. The number of hydrogen-bond donors (Lipinski definition) is 3. The Morgan fingerprint density at radius 2 is 1.96 bits per heavy atom. The second-order valence-electron chi connectivity index (χ2n) is 6.14. The average molecular weight is 333 g/mol. The molecule has 2 aliphatic rings. The Bertz CT molecular complexity index is 645. The quantitative estimate of drug-likeness (QED) is 0.579. The number of nitrogens with one attached hydrogen (secondary N) is 3.